The van der Waals surface area contributed by atoms with Crippen molar-refractivity contribution in [1.82, 2.24) is 0 Å². The van der Waals surface area contributed by atoms with Crippen LogP contribution in [-0.2, 0) is 0 Å². The van der Waals surface area contributed by atoms with E-state index in [-0.39, 0.29) is 6.10 Å². The predicted molar refractivity (Wildman–Crippen MR) is 63.2 cm³/mol. The van der Waals surface area contributed by atoms with E-state index in [4.69, 9.17) is 0 Å². The van der Waals surface area contributed by atoms with Gasteiger partial charge in [-0.25, -0.2) is 0 Å². The van der Waals surface area contributed by atoms with Crippen LogP contribution in [0.2, 0.25) is 0 Å². The summed E-state index contributed by atoms with van der Waals surface area (Å²) < 4.78 is 0. The molecule has 0 aromatic rings. The summed E-state index contributed by atoms with van der Waals surface area (Å²) in [5, 5.41) is 9.32. The summed E-state index contributed by atoms with van der Waals surface area (Å²) in [6.45, 7) is 5.88. The lowest BCUT2D eigenvalue weighted by Crippen LogP contribution is -2.03. The highest BCUT2D eigenvalue weighted by atomic mass is 16.3. The minimum absolute atomic E-state index is 0.0545. The fourth-order valence-corrected chi connectivity index (χ4v) is 1.64. The number of aliphatic hydroxyl groups is 1. The lowest BCUT2D eigenvalue weighted by atomic mass is 10.0. The second kappa shape index (κ2) is 11.0. The lowest BCUT2D eigenvalue weighted by Gasteiger charge is -2.06. The summed E-state index contributed by atoms with van der Waals surface area (Å²) in [5.41, 5.74) is 0. The van der Waals surface area contributed by atoms with Crippen LogP contribution in [-0.4, -0.2) is 11.2 Å². The molecule has 0 aromatic carbocycles. The largest absolute Gasteiger partial charge is 0.393 e. The van der Waals surface area contributed by atoms with Crippen molar-refractivity contribution >= 4 is 0 Å². The van der Waals surface area contributed by atoms with Crippen molar-refractivity contribution in [1.29, 1.82) is 0 Å². The first-order chi connectivity index (χ1) is 6.81. The van der Waals surface area contributed by atoms with Gasteiger partial charge in [0.15, 0.2) is 0 Å². The molecular weight excluding hydrogens is 172 g/mol. The second-order valence-corrected chi connectivity index (χ2v) is 4.18. The van der Waals surface area contributed by atoms with Crippen LogP contribution in [0, 0.1) is 6.92 Å². The average molecular weight is 199 g/mol. The predicted octanol–water partition coefficient (Wildman–Crippen LogP) is 4.10. The third-order valence-corrected chi connectivity index (χ3v) is 2.76. The third-order valence-electron chi connectivity index (χ3n) is 2.76. The zero-order chi connectivity index (χ0) is 10.6. The molecule has 0 aliphatic carbocycles. The highest BCUT2D eigenvalue weighted by molar-refractivity contribution is 4.53. The average Bonchev–Trinajstić information content (AvgIpc) is 2.21. The Hall–Kier alpha value is -0.0400. The molecule has 0 aromatic heterocycles. The van der Waals surface area contributed by atoms with Gasteiger partial charge in [-0.05, 0) is 12.8 Å². The highest BCUT2D eigenvalue weighted by Crippen LogP contribution is 2.11. The molecule has 1 heteroatoms. The van der Waals surface area contributed by atoms with Crippen LogP contribution >= 0.6 is 0 Å². The zero-order valence-electron chi connectivity index (χ0n) is 9.80. The SMILES string of the molecule is [CH2]CCCCCCCCCC(O)CC. The summed E-state index contributed by atoms with van der Waals surface area (Å²) in [6, 6.07) is 0. The maximum Gasteiger partial charge on any atom is 0.0537 e. The standard InChI is InChI=1S/C13H27O/c1-3-5-6-7-8-9-10-11-12-13(14)4-2/h13-14H,1,3-12H2,2H3. The van der Waals surface area contributed by atoms with Crippen LogP contribution in [0.1, 0.15) is 71.1 Å². The van der Waals surface area contributed by atoms with Gasteiger partial charge < -0.3 is 5.11 Å². The van der Waals surface area contributed by atoms with Gasteiger partial charge in [-0.15, -0.1) is 0 Å². The molecule has 0 spiro atoms. The molecule has 1 N–H and O–H groups in total. The number of hydrogen-bond donors (Lipinski definition) is 1. The van der Waals surface area contributed by atoms with E-state index in [0.29, 0.717) is 0 Å². The second-order valence-electron chi connectivity index (χ2n) is 4.18. The summed E-state index contributed by atoms with van der Waals surface area (Å²) in [6.07, 6.45) is 12.1. The highest BCUT2D eigenvalue weighted by Gasteiger charge is 1.99. The number of aliphatic hydroxyl groups excluding tert-OH is 1. The lowest BCUT2D eigenvalue weighted by molar-refractivity contribution is 0.156. The number of unbranched alkanes of at least 4 members (excludes halogenated alkanes) is 7. The van der Waals surface area contributed by atoms with E-state index in [9.17, 15) is 5.11 Å². The Kier molecular flexibility index (Phi) is 11.0. The summed E-state index contributed by atoms with van der Waals surface area (Å²) in [7, 11) is 0. The van der Waals surface area contributed by atoms with Crippen molar-refractivity contribution in [2.75, 3.05) is 0 Å². The number of rotatable bonds is 10. The van der Waals surface area contributed by atoms with E-state index in [1.165, 1.54) is 44.9 Å². The first-order valence-electron chi connectivity index (χ1n) is 6.28. The summed E-state index contributed by atoms with van der Waals surface area (Å²) >= 11 is 0. The zero-order valence-corrected chi connectivity index (χ0v) is 9.80. The van der Waals surface area contributed by atoms with Gasteiger partial charge in [0.25, 0.3) is 0 Å². The van der Waals surface area contributed by atoms with Gasteiger partial charge in [0.2, 0.25) is 0 Å². The number of hydrogen-bond acceptors (Lipinski definition) is 1. The minimum Gasteiger partial charge on any atom is -0.393 e. The van der Waals surface area contributed by atoms with Crippen molar-refractivity contribution < 1.29 is 5.11 Å². The molecule has 0 fully saturated rings. The molecule has 14 heavy (non-hydrogen) atoms. The van der Waals surface area contributed by atoms with Crippen LogP contribution in [0.25, 0.3) is 0 Å². The smallest absolute Gasteiger partial charge is 0.0537 e. The fraction of sp³-hybridized carbons (Fsp3) is 0.923. The third kappa shape index (κ3) is 10.0. The fourth-order valence-electron chi connectivity index (χ4n) is 1.64. The van der Waals surface area contributed by atoms with E-state index >= 15 is 0 Å². The van der Waals surface area contributed by atoms with E-state index in [1.807, 2.05) is 6.92 Å². The molecule has 0 saturated carbocycles. The summed E-state index contributed by atoms with van der Waals surface area (Å²) in [5.74, 6) is 0. The van der Waals surface area contributed by atoms with Crippen LogP contribution in [0.15, 0.2) is 0 Å². The van der Waals surface area contributed by atoms with Gasteiger partial charge in [-0.2, -0.15) is 0 Å². The molecule has 0 saturated heterocycles. The van der Waals surface area contributed by atoms with Crippen LogP contribution < -0.4 is 0 Å². The molecule has 0 aliphatic heterocycles. The molecule has 1 unspecified atom stereocenters. The van der Waals surface area contributed by atoms with Crippen LogP contribution in [0.4, 0.5) is 0 Å². The van der Waals surface area contributed by atoms with Crippen molar-refractivity contribution in [3.05, 3.63) is 6.92 Å². The van der Waals surface area contributed by atoms with Crippen molar-refractivity contribution in [3.8, 4) is 0 Å². The van der Waals surface area contributed by atoms with E-state index in [2.05, 4.69) is 6.92 Å². The van der Waals surface area contributed by atoms with E-state index in [1.54, 1.807) is 0 Å². The van der Waals surface area contributed by atoms with E-state index < -0.39 is 0 Å². The first-order valence-corrected chi connectivity index (χ1v) is 6.28. The Bertz CT molecular complexity index is 101. The monoisotopic (exact) mass is 199 g/mol. The molecule has 0 bridgehead atoms. The van der Waals surface area contributed by atoms with Crippen molar-refractivity contribution in [3.63, 3.8) is 0 Å². The Labute approximate surface area is 89.9 Å². The van der Waals surface area contributed by atoms with Gasteiger partial charge in [-0.3, -0.25) is 0 Å². The van der Waals surface area contributed by atoms with Crippen molar-refractivity contribution in [2.24, 2.45) is 0 Å². The van der Waals surface area contributed by atoms with Crippen molar-refractivity contribution in [2.45, 2.75) is 77.2 Å². The minimum atomic E-state index is -0.0545. The molecule has 0 heterocycles. The first kappa shape index (κ1) is 14.0. The molecule has 1 radical (unpaired) electrons. The van der Waals surface area contributed by atoms with Gasteiger partial charge in [-0.1, -0.05) is 65.2 Å². The molecule has 0 aliphatic rings. The molecule has 85 valence electrons. The molecule has 0 rings (SSSR count). The van der Waals surface area contributed by atoms with E-state index in [0.717, 1.165) is 19.3 Å². The van der Waals surface area contributed by atoms with Gasteiger partial charge in [0.05, 0.1) is 6.10 Å². The Morgan fingerprint density at radius 1 is 0.929 bits per heavy atom. The molecule has 1 nitrogen and oxygen atoms in total. The Balaban J connectivity index is 2.92. The maximum absolute atomic E-state index is 9.32. The molecule has 1 atom stereocenters. The normalized spacial score (nSPS) is 13.1. The van der Waals surface area contributed by atoms with Gasteiger partial charge in [0, 0.05) is 0 Å². The quantitative estimate of drug-likeness (QED) is 0.525. The Morgan fingerprint density at radius 3 is 1.93 bits per heavy atom. The topological polar surface area (TPSA) is 20.2 Å². The van der Waals surface area contributed by atoms with Crippen LogP contribution in [0.5, 0.6) is 0 Å². The van der Waals surface area contributed by atoms with Gasteiger partial charge >= 0.3 is 0 Å². The molecular formula is C13H27O. The van der Waals surface area contributed by atoms with Crippen LogP contribution in [0.3, 0.4) is 0 Å². The maximum atomic E-state index is 9.32. The Morgan fingerprint density at radius 2 is 1.43 bits per heavy atom. The summed E-state index contributed by atoms with van der Waals surface area (Å²) in [4.78, 5) is 0. The molecule has 0 amide bonds. The van der Waals surface area contributed by atoms with Gasteiger partial charge in [0.1, 0.15) is 0 Å².